The van der Waals surface area contributed by atoms with E-state index in [0.717, 1.165) is 37.3 Å². The normalized spacial score (nSPS) is 12.9. The number of carbonyl (C=O) groups excluding carboxylic acids is 2. The molecular formula is C19H11Cl2F3N2O6. The number of hydrogen-bond donors (Lipinski definition) is 0. The predicted molar refractivity (Wildman–Crippen MR) is 105 cm³/mol. The Kier molecular flexibility index (Phi) is 7.66. The topological polar surface area (TPSA) is 120 Å². The van der Waals surface area contributed by atoms with Crippen LogP contribution in [0.2, 0.25) is 5.02 Å². The van der Waals surface area contributed by atoms with E-state index in [1.807, 2.05) is 0 Å². The van der Waals surface area contributed by atoms with E-state index < -0.39 is 51.1 Å². The van der Waals surface area contributed by atoms with Crippen molar-refractivity contribution in [3.63, 3.8) is 0 Å². The van der Waals surface area contributed by atoms with Crippen molar-refractivity contribution in [3.8, 4) is 23.3 Å². The lowest BCUT2D eigenvalue weighted by Gasteiger charge is -2.16. The van der Waals surface area contributed by atoms with Gasteiger partial charge < -0.3 is 9.47 Å². The molecule has 2 aromatic carbocycles. The highest BCUT2D eigenvalue weighted by Gasteiger charge is 2.32. The number of nitro groups is 1. The molecule has 0 heterocycles. The van der Waals surface area contributed by atoms with Gasteiger partial charge in [-0.3, -0.25) is 19.7 Å². The van der Waals surface area contributed by atoms with Crippen LogP contribution in [-0.4, -0.2) is 22.1 Å². The first-order chi connectivity index (χ1) is 14.8. The van der Waals surface area contributed by atoms with Gasteiger partial charge in [-0.05, 0) is 42.8 Å². The van der Waals surface area contributed by atoms with Crippen LogP contribution in [0.5, 0.6) is 17.2 Å². The number of benzene rings is 2. The van der Waals surface area contributed by atoms with E-state index in [0.29, 0.717) is 6.07 Å². The molecular weight excluding hydrogens is 480 g/mol. The molecule has 0 saturated heterocycles. The molecule has 2 rings (SSSR count). The number of Topliss-reactive ketones (excluding diaryl/α,β-unsaturated/α-hetero) is 1. The summed E-state index contributed by atoms with van der Waals surface area (Å²) in [5.41, 5.74) is -1.59. The minimum absolute atomic E-state index is 0.114. The van der Waals surface area contributed by atoms with Crippen LogP contribution in [0.3, 0.4) is 0 Å². The van der Waals surface area contributed by atoms with Crippen LogP contribution in [0.15, 0.2) is 36.4 Å². The maximum Gasteiger partial charge on any atom is 0.416 e. The standard InChI is InChI=1S/C19H11Cl2F3N2O6/c1-9(17(27)12(8-25)18(21)28)31-16-7-11(3-4-14(16)26(29)30)32-15-5-2-10(6-13(15)20)19(22,23)24/h2-7,9,12H,1H3. The summed E-state index contributed by atoms with van der Waals surface area (Å²) in [6.45, 7) is 1.15. The number of rotatable bonds is 8. The molecule has 0 spiro atoms. The minimum Gasteiger partial charge on any atom is -0.476 e. The lowest BCUT2D eigenvalue weighted by molar-refractivity contribution is -0.386. The fourth-order valence-electron chi connectivity index (χ4n) is 2.40. The number of nitro benzene ring substituents is 1. The molecule has 0 aromatic heterocycles. The zero-order valence-electron chi connectivity index (χ0n) is 15.9. The van der Waals surface area contributed by atoms with Gasteiger partial charge in [0.25, 0.3) is 0 Å². The molecule has 32 heavy (non-hydrogen) atoms. The Hall–Kier alpha value is -3.36. The van der Waals surface area contributed by atoms with Gasteiger partial charge in [-0.25, -0.2) is 0 Å². The maximum absolute atomic E-state index is 12.8. The highest BCUT2D eigenvalue weighted by Crippen LogP contribution is 2.38. The summed E-state index contributed by atoms with van der Waals surface area (Å²) in [5, 5.41) is 18.5. The Bertz CT molecular complexity index is 1120. The molecule has 2 unspecified atom stereocenters. The van der Waals surface area contributed by atoms with Gasteiger partial charge in [0.1, 0.15) is 11.5 Å². The lowest BCUT2D eigenvalue weighted by Crippen LogP contribution is -2.32. The van der Waals surface area contributed by atoms with Gasteiger partial charge in [0.05, 0.1) is 21.6 Å². The Balaban J connectivity index is 2.34. The predicted octanol–water partition coefficient (Wildman–Crippen LogP) is 5.30. The van der Waals surface area contributed by atoms with Crippen molar-refractivity contribution in [3.05, 3.63) is 57.1 Å². The van der Waals surface area contributed by atoms with Gasteiger partial charge in [-0.15, -0.1) is 0 Å². The van der Waals surface area contributed by atoms with Gasteiger partial charge in [0, 0.05) is 12.1 Å². The number of halogens is 5. The van der Waals surface area contributed by atoms with E-state index in [2.05, 4.69) is 0 Å². The summed E-state index contributed by atoms with van der Waals surface area (Å²) in [5.74, 6) is -3.62. The second-order valence-corrected chi connectivity index (χ2v) is 6.94. The van der Waals surface area contributed by atoms with Crippen molar-refractivity contribution in [2.45, 2.75) is 19.2 Å². The SMILES string of the molecule is CC(Oc1cc(Oc2ccc(C(F)(F)F)cc2Cl)ccc1[N+](=O)[O-])C(=O)C(C#N)C(=O)Cl. The molecule has 168 valence electrons. The lowest BCUT2D eigenvalue weighted by atomic mass is 10.0. The number of carbonyl (C=O) groups is 2. The third kappa shape index (κ3) is 5.87. The summed E-state index contributed by atoms with van der Waals surface area (Å²) in [7, 11) is 0. The van der Waals surface area contributed by atoms with E-state index in [1.165, 1.54) is 6.07 Å². The second kappa shape index (κ2) is 9.84. The van der Waals surface area contributed by atoms with Gasteiger partial charge in [-0.2, -0.15) is 18.4 Å². The summed E-state index contributed by atoms with van der Waals surface area (Å²) in [6, 6.07) is 6.84. The zero-order chi connectivity index (χ0) is 24.2. The average molecular weight is 491 g/mol. The first-order valence-corrected chi connectivity index (χ1v) is 9.23. The van der Waals surface area contributed by atoms with E-state index >= 15 is 0 Å². The summed E-state index contributed by atoms with van der Waals surface area (Å²) in [4.78, 5) is 33.8. The first kappa shape index (κ1) is 24.9. The van der Waals surface area contributed by atoms with E-state index in [-0.39, 0.29) is 16.5 Å². The van der Waals surface area contributed by atoms with Gasteiger partial charge in [0.15, 0.2) is 17.8 Å². The highest BCUT2D eigenvalue weighted by molar-refractivity contribution is 6.66. The van der Waals surface area contributed by atoms with Crippen LogP contribution >= 0.6 is 23.2 Å². The van der Waals surface area contributed by atoms with Crippen LogP contribution in [0.4, 0.5) is 18.9 Å². The number of ketones is 1. The molecule has 13 heteroatoms. The van der Waals surface area contributed by atoms with Crippen molar-refractivity contribution in [1.82, 2.24) is 0 Å². The smallest absolute Gasteiger partial charge is 0.416 e. The van der Waals surface area contributed by atoms with Crippen molar-refractivity contribution in [2.75, 3.05) is 0 Å². The summed E-state index contributed by atoms with van der Waals surface area (Å²) in [6.07, 6.45) is -6.10. The van der Waals surface area contributed by atoms with Crippen molar-refractivity contribution in [1.29, 1.82) is 5.26 Å². The number of nitrogens with zero attached hydrogens (tertiary/aromatic N) is 2. The number of hydrogen-bond acceptors (Lipinski definition) is 7. The van der Waals surface area contributed by atoms with Gasteiger partial charge in [0.2, 0.25) is 11.0 Å². The molecule has 0 fully saturated rings. The molecule has 0 saturated carbocycles. The Morgan fingerprint density at radius 1 is 1.19 bits per heavy atom. The molecule has 0 aliphatic heterocycles. The molecule has 0 N–H and O–H groups in total. The quantitative estimate of drug-likeness (QED) is 0.213. The monoisotopic (exact) mass is 490 g/mol. The third-order valence-electron chi connectivity index (χ3n) is 3.96. The van der Waals surface area contributed by atoms with E-state index in [4.69, 9.17) is 37.9 Å². The second-order valence-electron chi connectivity index (χ2n) is 6.16. The van der Waals surface area contributed by atoms with E-state index in [1.54, 1.807) is 0 Å². The maximum atomic E-state index is 12.8. The van der Waals surface area contributed by atoms with Crippen LogP contribution in [0, 0.1) is 27.4 Å². The number of alkyl halides is 3. The van der Waals surface area contributed by atoms with E-state index in [9.17, 15) is 32.9 Å². The summed E-state index contributed by atoms with van der Waals surface area (Å²) < 4.78 is 48.9. The van der Waals surface area contributed by atoms with Crippen LogP contribution in [0.25, 0.3) is 0 Å². The zero-order valence-corrected chi connectivity index (χ0v) is 17.4. The molecule has 0 aliphatic carbocycles. The number of ether oxygens (including phenoxy) is 2. The Morgan fingerprint density at radius 2 is 1.84 bits per heavy atom. The van der Waals surface area contributed by atoms with Crippen LogP contribution in [-0.2, 0) is 15.8 Å². The molecule has 2 atom stereocenters. The van der Waals surface area contributed by atoms with Crippen molar-refractivity contribution >= 4 is 39.9 Å². The largest absolute Gasteiger partial charge is 0.476 e. The van der Waals surface area contributed by atoms with Gasteiger partial charge >= 0.3 is 11.9 Å². The van der Waals surface area contributed by atoms with Crippen molar-refractivity contribution in [2.24, 2.45) is 5.92 Å². The van der Waals surface area contributed by atoms with Crippen LogP contribution in [0.1, 0.15) is 12.5 Å². The first-order valence-electron chi connectivity index (χ1n) is 8.47. The van der Waals surface area contributed by atoms with Gasteiger partial charge in [-0.1, -0.05) is 11.6 Å². The minimum atomic E-state index is -4.62. The molecule has 0 radical (unpaired) electrons. The Labute approximate surface area is 188 Å². The third-order valence-corrected chi connectivity index (χ3v) is 4.47. The molecule has 2 aromatic rings. The fraction of sp³-hybridized carbons (Fsp3) is 0.211. The number of nitriles is 1. The molecule has 0 amide bonds. The molecule has 8 nitrogen and oxygen atoms in total. The highest BCUT2D eigenvalue weighted by atomic mass is 35.5. The molecule has 0 bridgehead atoms. The van der Waals surface area contributed by atoms with Crippen LogP contribution < -0.4 is 9.47 Å². The average Bonchev–Trinajstić information content (AvgIpc) is 2.68. The summed E-state index contributed by atoms with van der Waals surface area (Å²) >= 11 is 11.0. The molecule has 0 aliphatic rings. The Morgan fingerprint density at radius 3 is 2.34 bits per heavy atom. The van der Waals surface area contributed by atoms with Crippen molar-refractivity contribution < 1.29 is 37.2 Å². The fourth-order valence-corrected chi connectivity index (χ4v) is 2.77.